The van der Waals surface area contributed by atoms with Crippen molar-refractivity contribution in [3.8, 4) is 0 Å². The Morgan fingerprint density at radius 2 is 1.89 bits per heavy atom. The summed E-state index contributed by atoms with van der Waals surface area (Å²) in [7, 11) is 1.77. The van der Waals surface area contributed by atoms with Gasteiger partial charge < -0.3 is 0 Å². The molecule has 5 heteroatoms. The van der Waals surface area contributed by atoms with Crippen molar-refractivity contribution in [2.24, 2.45) is 0 Å². The molecule has 4 nitrogen and oxygen atoms in total. The number of rotatable bonds is 5. The Bertz CT molecular complexity index is 492. The zero-order chi connectivity index (χ0) is 14.3. The summed E-state index contributed by atoms with van der Waals surface area (Å²) < 4.78 is 0. The van der Waals surface area contributed by atoms with E-state index in [-0.39, 0.29) is 5.91 Å². The Kier molecular flexibility index (Phi) is 5.86. The van der Waals surface area contributed by atoms with E-state index in [4.69, 9.17) is 0 Å². The minimum atomic E-state index is -0.175. The van der Waals surface area contributed by atoms with Gasteiger partial charge in [0.1, 0.15) is 0 Å². The first-order chi connectivity index (χ1) is 9.08. The maximum atomic E-state index is 12.1. The Hall–Kier alpha value is -2.04. The van der Waals surface area contributed by atoms with Crippen LogP contribution in [0.4, 0.5) is 5.69 Å². The van der Waals surface area contributed by atoms with E-state index in [1.54, 1.807) is 13.2 Å². The number of nitrogens with one attached hydrogen (secondary N) is 3. The summed E-state index contributed by atoms with van der Waals surface area (Å²) in [5.41, 5.74) is 9.12. The van der Waals surface area contributed by atoms with E-state index in [1.165, 1.54) is 5.56 Å². The molecule has 100 valence electrons. The van der Waals surface area contributed by atoms with Crippen molar-refractivity contribution < 1.29 is 4.79 Å². The predicted octanol–water partition coefficient (Wildman–Crippen LogP) is 1.49. The number of carbonyl (C=O) groups is 1. The van der Waals surface area contributed by atoms with Gasteiger partial charge in [-0.15, -0.1) is 0 Å². The van der Waals surface area contributed by atoms with Crippen LogP contribution in [0.1, 0.15) is 12.5 Å². The molecule has 0 aliphatic rings. The zero-order valence-electron chi connectivity index (χ0n) is 11.9. The normalized spacial score (nSPS) is 11.6. The predicted molar refractivity (Wildman–Crippen MR) is 82.4 cm³/mol. The van der Waals surface area contributed by atoms with Crippen LogP contribution in [0.25, 0.3) is 0 Å². The van der Waals surface area contributed by atoms with Gasteiger partial charge in [-0.3, -0.25) is 0 Å². The molecule has 0 fully saturated rings. The standard InChI is InChI=1S/C14H20BN3O/c1-10-5-7-12(8-6-10)17-18-14(19)13(9-16-4)11(2)15-3/h5-9,16-17H,1-4H3,(H,18,19)/b13-9+. The molecule has 0 spiro atoms. The van der Waals surface area contributed by atoms with E-state index < -0.39 is 0 Å². The molecule has 0 unspecified atom stereocenters. The van der Waals surface area contributed by atoms with Crippen molar-refractivity contribution in [2.75, 3.05) is 12.5 Å². The van der Waals surface area contributed by atoms with Crippen molar-refractivity contribution in [1.29, 1.82) is 0 Å². The third-order valence-corrected chi connectivity index (χ3v) is 2.76. The van der Waals surface area contributed by atoms with Crippen LogP contribution in [0.15, 0.2) is 36.0 Å². The number of aryl methyl sites for hydroxylation is 1. The fourth-order valence-electron chi connectivity index (χ4n) is 1.49. The fourth-order valence-corrected chi connectivity index (χ4v) is 1.49. The second-order valence-corrected chi connectivity index (χ2v) is 4.26. The van der Waals surface area contributed by atoms with Crippen LogP contribution in [-0.2, 0) is 4.79 Å². The average Bonchev–Trinajstić information content (AvgIpc) is 2.43. The Morgan fingerprint density at radius 3 is 2.42 bits per heavy atom. The number of benzene rings is 1. The summed E-state index contributed by atoms with van der Waals surface area (Å²) in [6.07, 6.45) is 1.68. The second-order valence-electron chi connectivity index (χ2n) is 4.26. The van der Waals surface area contributed by atoms with E-state index in [1.807, 2.05) is 51.9 Å². The first-order valence-electron chi connectivity index (χ1n) is 6.22. The monoisotopic (exact) mass is 257 g/mol. The number of anilines is 1. The fraction of sp³-hybridized carbons (Fsp3) is 0.286. The van der Waals surface area contributed by atoms with Crippen molar-refractivity contribution >= 4 is 24.0 Å². The molecular formula is C14H20BN3O. The summed E-state index contributed by atoms with van der Waals surface area (Å²) in [5, 5.41) is 2.88. The van der Waals surface area contributed by atoms with Crippen LogP contribution in [0, 0.1) is 6.92 Å². The van der Waals surface area contributed by atoms with Crippen LogP contribution in [0.3, 0.4) is 0 Å². The van der Waals surface area contributed by atoms with Crippen LogP contribution >= 0.6 is 0 Å². The summed E-state index contributed by atoms with van der Waals surface area (Å²) in [6.45, 7) is 7.72. The molecule has 0 aliphatic heterocycles. The van der Waals surface area contributed by atoms with Crippen molar-refractivity contribution in [1.82, 2.24) is 10.7 Å². The van der Waals surface area contributed by atoms with Gasteiger partial charge in [-0.1, -0.05) is 0 Å². The van der Waals surface area contributed by atoms with Gasteiger partial charge in [-0.2, -0.15) is 0 Å². The third kappa shape index (κ3) is 4.62. The van der Waals surface area contributed by atoms with Crippen molar-refractivity contribution in [2.45, 2.75) is 20.7 Å². The first kappa shape index (κ1) is 15.0. The van der Waals surface area contributed by atoms with Gasteiger partial charge in [-0.25, -0.2) is 0 Å². The van der Waals surface area contributed by atoms with E-state index in [9.17, 15) is 4.79 Å². The molecule has 19 heavy (non-hydrogen) atoms. The summed E-state index contributed by atoms with van der Waals surface area (Å²) in [6, 6.07) is 7.80. The topological polar surface area (TPSA) is 53.2 Å². The molecule has 1 amide bonds. The molecule has 1 aromatic carbocycles. The number of hydrogen-bond acceptors (Lipinski definition) is 3. The number of carbonyl (C=O) groups excluding carboxylic acids is 1. The molecule has 0 radical (unpaired) electrons. The van der Waals surface area contributed by atoms with Gasteiger partial charge in [0.05, 0.1) is 0 Å². The quantitative estimate of drug-likeness (QED) is 0.425. The molecule has 0 bridgehead atoms. The first-order valence-corrected chi connectivity index (χ1v) is 6.22. The molecule has 0 aromatic heterocycles. The molecule has 0 saturated heterocycles. The second kappa shape index (κ2) is 7.41. The van der Waals surface area contributed by atoms with Crippen LogP contribution in [0.5, 0.6) is 0 Å². The van der Waals surface area contributed by atoms with E-state index in [0.29, 0.717) is 5.57 Å². The van der Waals surface area contributed by atoms with Gasteiger partial charge in [0.25, 0.3) is 0 Å². The van der Waals surface area contributed by atoms with E-state index in [2.05, 4.69) is 16.2 Å². The Labute approximate surface area is 115 Å². The molecule has 0 heterocycles. The van der Waals surface area contributed by atoms with Crippen LogP contribution in [0.2, 0.25) is 6.82 Å². The minimum absolute atomic E-state index is 0.175. The number of amides is 1. The summed E-state index contributed by atoms with van der Waals surface area (Å²) in [4.78, 5) is 12.1. The van der Waals surface area contributed by atoms with Crippen molar-refractivity contribution in [3.63, 3.8) is 0 Å². The van der Waals surface area contributed by atoms with Crippen LogP contribution < -0.4 is 16.2 Å². The van der Waals surface area contributed by atoms with Gasteiger partial charge in [0, 0.05) is 0 Å². The molecule has 1 rings (SSSR count). The number of hydrazine groups is 1. The molecule has 3 N–H and O–H groups in total. The third-order valence-electron chi connectivity index (χ3n) is 2.76. The summed E-state index contributed by atoms with van der Waals surface area (Å²) >= 11 is 0. The molecule has 0 saturated carbocycles. The molecule has 1 aromatic rings. The van der Waals surface area contributed by atoms with Gasteiger partial charge >= 0.3 is 114 Å². The maximum absolute atomic E-state index is 12.1. The van der Waals surface area contributed by atoms with Gasteiger partial charge in [-0.05, 0) is 0 Å². The molecule has 0 aliphatic carbocycles. The molecule has 0 atom stereocenters. The average molecular weight is 257 g/mol. The zero-order valence-corrected chi connectivity index (χ0v) is 11.9. The Morgan fingerprint density at radius 1 is 1.26 bits per heavy atom. The van der Waals surface area contributed by atoms with E-state index >= 15 is 0 Å². The van der Waals surface area contributed by atoms with Gasteiger partial charge in [0.15, 0.2) is 0 Å². The SMILES string of the molecule is CB=C(C)/C(=C\NC)C(=O)NNc1ccc(C)cc1. The summed E-state index contributed by atoms with van der Waals surface area (Å²) in [5.74, 6) is -0.175. The molecular weight excluding hydrogens is 237 g/mol. The number of hydrogen-bond donors (Lipinski definition) is 3. The van der Waals surface area contributed by atoms with Crippen LogP contribution in [-0.4, -0.2) is 25.3 Å². The van der Waals surface area contributed by atoms with Crippen molar-refractivity contribution in [3.05, 3.63) is 41.6 Å². The Balaban J connectivity index is 2.68. The van der Waals surface area contributed by atoms with E-state index in [0.717, 1.165) is 11.2 Å². The van der Waals surface area contributed by atoms with Gasteiger partial charge in [0.2, 0.25) is 0 Å².